The van der Waals surface area contributed by atoms with Crippen molar-refractivity contribution in [2.75, 3.05) is 12.4 Å². The zero-order valence-electron chi connectivity index (χ0n) is 14.9. The maximum absolute atomic E-state index is 12.5. The number of hydrogen-bond donors (Lipinski definition) is 1. The molecule has 2 heterocycles. The Morgan fingerprint density at radius 2 is 1.96 bits per heavy atom. The van der Waals surface area contributed by atoms with Crippen LogP contribution in [0.3, 0.4) is 0 Å². The van der Waals surface area contributed by atoms with Crippen LogP contribution in [0.1, 0.15) is 15.4 Å². The average molecular weight is 375 g/mol. The molecule has 0 aliphatic heterocycles. The van der Waals surface area contributed by atoms with E-state index in [0.29, 0.717) is 11.3 Å². The summed E-state index contributed by atoms with van der Waals surface area (Å²) in [7, 11) is 1.63. The Morgan fingerprint density at radius 3 is 2.74 bits per heavy atom. The van der Waals surface area contributed by atoms with Crippen molar-refractivity contribution in [2.24, 2.45) is 0 Å². The normalized spacial score (nSPS) is 10.7. The number of pyridine rings is 1. The zero-order chi connectivity index (χ0) is 18.8. The Kier molecular flexibility index (Phi) is 4.56. The minimum atomic E-state index is -0.208. The quantitative estimate of drug-likeness (QED) is 0.549. The number of para-hydroxylation sites is 1. The standard InChI is InChI=1S/C21H17N3O2S/c1-13-23-18-11-15(8-10-20(18)27-13)24-21(25)14-7-9-17(22-12-14)16-5-3-4-6-19(16)26-2/h3-12H,1-2H3,(H,24,25). The van der Waals surface area contributed by atoms with Gasteiger partial charge in [0.1, 0.15) is 5.75 Å². The van der Waals surface area contributed by atoms with Gasteiger partial charge in [0.2, 0.25) is 0 Å². The fourth-order valence-corrected chi connectivity index (χ4v) is 3.67. The minimum absolute atomic E-state index is 0.208. The maximum atomic E-state index is 12.5. The van der Waals surface area contributed by atoms with Crippen LogP contribution >= 0.6 is 11.3 Å². The summed E-state index contributed by atoms with van der Waals surface area (Å²) in [5, 5.41) is 3.91. The number of methoxy groups -OCH3 is 1. The highest BCUT2D eigenvalue weighted by Crippen LogP contribution is 2.28. The van der Waals surface area contributed by atoms with E-state index in [4.69, 9.17) is 4.74 Å². The Labute approximate surface area is 160 Å². The Balaban J connectivity index is 1.55. The molecule has 0 aliphatic carbocycles. The summed E-state index contributed by atoms with van der Waals surface area (Å²) in [6, 6.07) is 17.0. The lowest BCUT2D eigenvalue weighted by atomic mass is 10.1. The van der Waals surface area contributed by atoms with Crippen LogP contribution < -0.4 is 10.1 Å². The molecule has 2 aromatic heterocycles. The van der Waals surface area contributed by atoms with Gasteiger partial charge in [-0.1, -0.05) is 12.1 Å². The lowest BCUT2D eigenvalue weighted by Gasteiger charge is -2.09. The molecule has 0 bridgehead atoms. The summed E-state index contributed by atoms with van der Waals surface area (Å²) in [5.74, 6) is 0.537. The monoisotopic (exact) mass is 375 g/mol. The van der Waals surface area contributed by atoms with Gasteiger partial charge in [-0.15, -0.1) is 11.3 Å². The molecule has 0 radical (unpaired) electrons. The molecule has 0 unspecified atom stereocenters. The van der Waals surface area contributed by atoms with E-state index >= 15 is 0 Å². The third-order valence-corrected chi connectivity index (χ3v) is 5.11. The predicted octanol–water partition coefficient (Wildman–Crippen LogP) is 4.93. The number of aryl methyl sites for hydroxylation is 1. The largest absolute Gasteiger partial charge is 0.496 e. The first kappa shape index (κ1) is 17.2. The summed E-state index contributed by atoms with van der Waals surface area (Å²) in [6.07, 6.45) is 1.57. The van der Waals surface area contributed by atoms with Crippen molar-refractivity contribution in [3.8, 4) is 17.0 Å². The highest BCUT2D eigenvalue weighted by molar-refractivity contribution is 7.18. The summed E-state index contributed by atoms with van der Waals surface area (Å²) in [4.78, 5) is 21.4. The molecule has 0 aliphatic rings. The van der Waals surface area contributed by atoms with E-state index in [1.54, 1.807) is 30.7 Å². The van der Waals surface area contributed by atoms with Crippen LogP contribution in [0.15, 0.2) is 60.8 Å². The zero-order valence-corrected chi connectivity index (χ0v) is 15.7. The number of benzene rings is 2. The topological polar surface area (TPSA) is 64.1 Å². The number of nitrogens with one attached hydrogen (secondary N) is 1. The van der Waals surface area contributed by atoms with E-state index in [-0.39, 0.29) is 5.91 Å². The van der Waals surface area contributed by atoms with Crippen molar-refractivity contribution in [2.45, 2.75) is 6.92 Å². The van der Waals surface area contributed by atoms with Crippen LogP contribution in [0.2, 0.25) is 0 Å². The number of ether oxygens (including phenoxy) is 1. The Morgan fingerprint density at radius 1 is 1.11 bits per heavy atom. The second kappa shape index (κ2) is 7.17. The fraction of sp³-hybridized carbons (Fsp3) is 0.0952. The molecule has 0 saturated heterocycles. The van der Waals surface area contributed by atoms with Gasteiger partial charge in [0.05, 0.1) is 33.6 Å². The average Bonchev–Trinajstić information content (AvgIpc) is 3.07. The van der Waals surface area contributed by atoms with E-state index in [0.717, 1.165) is 32.2 Å². The summed E-state index contributed by atoms with van der Waals surface area (Å²) >= 11 is 1.63. The molecule has 1 N–H and O–H groups in total. The maximum Gasteiger partial charge on any atom is 0.257 e. The first-order valence-corrected chi connectivity index (χ1v) is 9.24. The van der Waals surface area contributed by atoms with Crippen molar-refractivity contribution in [3.63, 3.8) is 0 Å². The van der Waals surface area contributed by atoms with Crippen LogP contribution in [0.25, 0.3) is 21.5 Å². The van der Waals surface area contributed by atoms with Gasteiger partial charge in [0.15, 0.2) is 0 Å². The summed E-state index contributed by atoms with van der Waals surface area (Å²) in [6.45, 7) is 1.97. The van der Waals surface area contributed by atoms with Gasteiger partial charge in [-0.05, 0) is 49.4 Å². The highest BCUT2D eigenvalue weighted by Gasteiger charge is 2.11. The van der Waals surface area contributed by atoms with Crippen LogP contribution in [0.4, 0.5) is 5.69 Å². The molecule has 4 aromatic rings. The molecule has 4 rings (SSSR count). The van der Waals surface area contributed by atoms with Gasteiger partial charge in [0, 0.05) is 17.4 Å². The van der Waals surface area contributed by atoms with Crippen molar-refractivity contribution in [3.05, 3.63) is 71.4 Å². The number of anilines is 1. The van der Waals surface area contributed by atoms with E-state index in [1.165, 1.54) is 0 Å². The van der Waals surface area contributed by atoms with Crippen LogP contribution in [-0.2, 0) is 0 Å². The van der Waals surface area contributed by atoms with Crippen LogP contribution in [0.5, 0.6) is 5.75 Å². The lowest BCUT2D eigenvalue weighted by Crippen LogP contribution is -2.12. The van der Waals surface area contributed by atoms with Gasteiger partial charge in [-0.2, -0.15) is 0 Å². The second-order valence-corrected chi connectivity index (χ2v) is 7.24. The van der Waals surface area contributed by atoms with Crippen molar-refractivity contribution < 1.29 is 9.53 Å². The first-order chi connectivity index (χ1) is 13.1. The number of hydrogen-bond acceptors (Lipinski definition) is 5. The number of nitrogens with zero attached hydrogens (tertiary/aromatic N) is 2. The second-order valence-electron chi connectivity index (χ2n) is 6.00. The molecule has 0 fully saturated rings. The Hall–Kier alpha value is -3.25. The Bertz CT molecular complexity index is 1120. The van der Waals surface area contributed by atoms with E-state index in [2.05, 4.69) is 15.3 Å². The lowest BCUT2D eigenvalue weighted by molar-refractivity contribution is 0.102. The van der Waals surface area contributed by atoms with Gasteiger partial charge in [-0.25, -0.2) is 4.98 Å². The van der Waals surface area contributed by atoms with E-state index in [9.17, 15) is 4.79 Å². The summed E-state index contributed by atoms with van der Waals surface area (Å²) in [5.41, 5.74) is 3.73. The van der Waals surface area contributed by atoms with Crippen LogP contribution in [0, 0.1) is 6.92 Å². The number of fused-ring (bicyclic) bond motifs is 1. The molecule has 0 spiro atoms. The van der Waals surface area contributed by atoms with E-state index in [1.807, 2.05) is 55.5 Å². The molecule has 6 heteroatoms. The smallest absolute Gasteiger partial charge is 0.257 e. The number of carbonyl (C=O) groups is 1. The minimum Gasteiger partial charge on any atom is -0.496 e. The highest BCUT2D eigenvalue weighted by atomic mass is 32.1. The summed E-state index contributed by atoms with van der Waals surface area (Å²) < 4.78 is 6.47. The first-order valence-electron chi connectivity index (χ1n) is 8.42. The molecule has 0 saturated carbocycles. The molecule has 0 atom stereocenters. The number of rotatable bonds is 4. The van der Waals surface area contributed by atoms with Gasteiger partial charge < -0.3 is 10.1 Å². The van der Waals surface area contributed by atoms with Gasteiger partial charge in [-0.3, -0.25) is 9.78 Å². The third-order valence-electron chi connectivity index (χ3n) is 4.16. The molecule has 1 amide bonds. The van der Waals surface area contributed by atoms with Gasteiger partial charge >= 0.3 is 0 Å². The molecular weight excluding hydrogens is 358 g/mol. The van der Waals surface area contributed by atoms with Crippen molar-refractivity contribution in [1.29, 1.82) is 0 Å². The number of aromatic nitrogens is 2. The predicted molar refractivity (Wildman–Crippen MR) is 109 cm³/mol. The molecule has 134 valence electrons. The van der Waals surface area contributed by atoms with E-state index < -0.39 is 0 Å². The third kappa shape index (κ3) is 3.52. The number of carbonyl (C=O) groups excluding carboxylic acids is 1. The fourth-order valence-electron chi connectivity index (χ4n) is 2.87. The SMILES string of the molecule is COc1ccccc1-c1ccc(C(=O)Nc2ccc3sc(C)nc3c2)cn1. The molecule has 27 heavy (non-hydrogen) atoms. The van der Waals surface area contributed by atoms with Crippen LogP contribution in [-0.4, -0.2) is 23.0 Å². The number of amides is 1. The van der Waals surface area contributed by atoms with Crippen molar-refractivity contribution in [1.82, 2.24) is 9.97 Å². The van der Waals surface area contributed by atoms with Crippen molar-refractivity contribution >= 4 is 33.1 Å². The molecular formula is C21H17N3O2S. The van der Waals surface area contributed by atoms with Gasteiger partial charge in [0.25, 0.3) is 5.91 Å². The molecule has 2 aromatic carbocycles. The molecule has 5 nitrogen and oxygen atoms in total. The number of thiazole rings is 1.